The molecule has 0 radical (unpaired) electrons. The number of fused-ring (bicyclic) bond motifs is 1. The molecule has 1 saturated heterocycles. The Kier molecular flexibility index (Phi) is 7.35. The van der Waals surface area contributed by atoms with Crippen molar-refractivity contribution >= 4 is 22.6 Å². The molecule has 1 aliphatic carbocycles. The summed E-state index contributed by atoms with van der Waals surface area (Å²) >= 11 is 1.84. The van der Waals surface area contributed by atoms with E-state index in [0.717, 1.165) is 57.1 Å². The SMILES string of the molecule is CCNc1nc2c(s1)CC(N(CC)CCCC1CCN(C(=O)OC)C1)CC2. The van der Waals surface area contributed by atoms with Crippen LogP contribution in [0.1, 0.15) is 50.1 Å². The monoisotopic (exact) mass is 394 g/mol. The number of carbonyl (C=O) groups is 1. The number of nitrogens with one attached hydrogen (secondary N) is 1. The minimum absolute atomic E-state index is 0.174. The quantitative estimate of drug-likeness (QED) is 0.730. The van der Waals surface area contributed by atoms with Gasteiger partial charge in [-0.15, -0.1) is 11.3 Å². The van der Waals surface area contributed by atoms with Crippen molar-refractivity contribution in [3.8, 4) is 0 Å². The average Bonchev–Trinajstić information content (AvgIpc) is 3.31. The van der Waals surface area contributed by atoms with E-state index >= 15 is 0 Å². The average molecular weight is 395 g/mol. The second-order valence-corrected chi connectivity index (χ2v) is 8.74. The molecule has 2 atom stereocenters. The fraction of sp³-hybridized carbons (Fsp3) is 0.800. The Bertz CT molecular complexity index is 621. The number of ether oxygens (including phenoxy) is 1. The maximum atomic E-state index is 11.6. The molecule has 0 aromatic carbocycles. The molecule has 0 spiro atoms. The molecule has 27 heavy (non-hydrogen) atoms. The van der Waals surface area contributed by atoms with Gasteiger partial charge in [0.05, 0.1) is 12.8 Å². The van der Waals surface area contributed by atoms with Crippen LogP contribution < -0.4 is 5.32 Å². The lowest BCUT2D eigenvalue weighted by Gasteiger charge is -2.33. The standard InChI is InChI=1S/C20H34N4O2S/c1-4-21-19-22-17-9-8-16(13-18(17)27-19)23(5-2)11-6-7-15-10-12-24(14-15)20(25)26-3/h15-16H,4-14H2,1-3H3,(H,21,22). The summed E-state index contributed by atoms with van der Waals surface area (Å²) in [4.78, 5) is 22.4. The highest BCUT2D eigenvalue weighted by Crippen LogP contribution is 2.32. The van der Waals surface area contributed by atoms with E-state index in [1.165, 1.54) is 36.9 Å². The van der Waals surface area contributed by atoms with Gasteiger partial charge < -0.3 is 19.9 Å². The first-order valence-electron chi connectivity index (χ1n) is 10.4. The summed E-state index contributed by atoms with van der Waals surface area (Å²) in [6, 6.07) is 0.646. The number of thiazole rings is 1. The molecule has 1 aromatic rings. The Morgan fingerprint density at radius 3 is 3.00 bits per heavy atom. The van der Waals surface area contributed by atoms with Crippen molar-refractivity contribution in [3.05, 3.63) is 10.6 Å². The summed E-state index contributed by atoms with van der Waals surface area (Å²) in [5.74, 6) is 0.630. The Morgan fingerprint density at radius 1 is 1.41 bits per heavy atom. The molecule has 7 heteroatoms. The van der Waals surface area contributed by atoms with Gasteiger partial charge in [0.1, 0.15) is 0 Å². The van der Waals surface area contributed by atoms with Crippen LogP contribution in [0.15, 0.2) is 0 Å². The molecule has 6 nitrogen and oxygen atoms in total. The number of rotatable bonds is 8. The number of hydrogen-bond donors (Lipinski definition) is 1. The van der Waals surface area contributed by atoms with Crippen LogP contribution in [0.2, 0.25) is 0 Å². The number of nitrogens with zero attached hydrogens (tertiary/aromatic N) is 3. The molecule has 0 bridgehead atoms. The van der Waals surface area contributed by atoms with E-state index in [-0.39, 0.29) is 6.09 Å². The third-order valence-electron chi connectivity index (χ3n) is 5.94. The van der Waals surface area contributed by atoms with Gasteiger partial charge in [0.2, 0.25) is 0 Å². The number of amides is 1. The van der Waals surface area contributed by atoms with Gasteiger partial charge >= 0.3 is 6.09 Å². The predicted molar refractivity (Wildman–Crippen MR) is 111 cm³/mol. The van der Waals surface area contributed by atoms with Crippen molar-refractivity contribution in [1.82, 2.24) is 14.8 Å². The number of hydrogen-bond acceptors (Lipinski definition) is 6. The van der Waals surface area contributed by atoms with Gasteiger partial charge in [-0.25, -0.2) is 9.78 Å². The van der Waals surface area contributed by atoms with E-state index in [2.05, 4.69) is 24.1 Å². The summed E-state index contributed by atoms with van der Waals surface area (Å²) in [6.07, 6.45) is 6.82. The Labute approximate surface area is 167 Å². The Hall–Kier alpha value is -1.34. The molecule has 1 amide bonds. The van der Waals surface area contributed by atoms with E-state index in [4.69, 9.17) is 9.72 Å². The molecular weight excluding hydrogens is 360 g/mol. The zero-order chi connectivity index (χ0) is 19.2. The van der Waals surface area contributed by atoms with Crippen LogP contribution in [0.25, 0.3) is 0 Å². The van der Waals surface area contributed by atoms with Crippen molar-refractivity contribution in [3.63, 3.8) is 0 Å². The molecule has 2 heterocycles. The van der Waals surface area contributed by atoms with Gasteiger partial charge in [0.25, 0.3) is 0 Å². The number of likely N-dealkylation sites (N-methyl/N-ethyl adjacent to an activating group) is 1. The normalized spacial score (nSPS) is 22.1. The molecule has 1 fully saturated rings. The van der Waals surface area contributed by atoms with E-state index < -0.39 is 0 Å². The van der Waals surface area contributed by atoms with Gasteiger partial charge in [-0.05, 0) is 64.5 Å². The number of likely N-dealkylation sites (tertiary alicyclic amines) is 1. The van der Waals surface area contributed by atoms with Crippen LogP contribution in [-0.2, 0) is 17.6 Å². The fourth-order valence-electron chi connectivity index (χ4n) is 4.44. The first kappa shape index (κ1) is 20.4. The number of carbonyl (C=O) groups excluding carboxylic acids is 1. The van der Waals surface area contributed by atoms with Crippen LogP contribution >= 0.6 is 11.3 Å². The molecule has 2 unspecified atom stereocenters. The molecule has 152 valence electrons. The fourth-order valence-corrected chi connectivity index (χ4v) is 5.59. The maximum Gasteiger partial charge on any atom is 0.409 e. The largest absolute Gasteiger partial charge is 0.453 e. The second kappa shape index (κ2) is 9.73. The topological polar surface area (TPSA) is 57.7 Å². The summed E-state index contributed by atoms with van der Waals surface area (Å²) in [5, 5.41) is 4.45. The Morgan fingerprint density at radius 2 is 2.26 bits per heavy atom. The van der Waals surface area contributed by atoms with E-state index in [1.807, 2.05) is 16.2 Å². The number of aromatic nitrogens is 1. The predicted octanol–water partition coefficient (Wildman–Crippen LogP) is 3.62. The highest BCUT2D eigenvalue weighted by molar-refractivity contribution is 7.15. The van der Waals surface area contributed by atoms with Crippen LogP contribution in [-0.4, -0.2) is 66.8 Å². The van der Waals surface area contributed by atoms with Crippen LogP contribution in [0, 0.1) is 5.92 Å². The third-order valence-corrected chi connectivity index (χ3v) is 7.02. The van der Waals surface area contributed by atoms with Crippen molar-refractivity contribution in [2.75, 3.05) is 45.2 Å². The lowest BCUT2D eigenvalue weighted by Crippen LogP contribution is -2.39. The lowest BCUT2D eigenvalue weighted by atomic mass is 9.95. The molecular formula is C20H34N4O2S. The highest BCUT2D eigenvalue weighted by atomic mass is 32.1. The molecule has 1 aromatic heterocycles. The highest BCUT2D eigenvalue weighted by Gasteiger charge is 2.28. The van der Waals surface area contributed by atoms with Crippen molar-refractivity contribution < 1.29 is 9.53 Å². The van der Waals surface area contributed by atoms with Crippen molar-refractivity contribution in [1.29, 1.82) is 0 Å². The van der Waals surface area contributed by atoms with Crippen LogP contribution in [0.4, 0.5) is 9.93 Å². The summed E-state index contributed by atoms with van der Waals surface area (Å²) < 4.78 is 4.84. The lowest BCUT2D eigenvalue weighted by molar-refractivity contribution is 0.131. The number of aryl methyl sites for hydroxylation is 1. The zero-order valence-corrected chi connectivity index (χ0v) is 17.8. The zero-order valence-electron chi connectivity index (χ0n) is 17.0. The minimum Gasteiger partial charge on any atom is -0.453 e. The van der Waals surface area contributed by atoms with E-state index in [0.29, 0.717) is 12.0 Å². The molecule has 0 saturated carbocycles. The molecule has 1 N–H and O–H groups in total. The maximum absolute atomic E-state index is 11.6. The number of methoxy groups -OCH3 is 1. The van der Waals surface area contributed by atoms with Crippen LogP contribution in [0.5, 0.6) is 0 Å². The van der Waals surface area contributed by atoms with E-state index in [9.17, 15) is 4.79 Å². The second-order valence-electron chi connectivity index (χ2n) is 7.66. The summed E-state index contributed by atoms with van der Waals surface area (Å²) in [6.45, 7) is 9.31. The van der Waals surface area contributed by atoms with Gasteiger partial charge in [-0.2, -0.15) is 0 Å². The van der Waals surface area contributed by atoms with Gasteiger partial charge in [0, 0.05) is 30.6 Å². The molecule has 3 rings (SSSR count). The van der Waals surface area contributed by atoms with Gasteiger partial charge in [-0.3, -0.25) is 0 Å². The molecule has 2 aliphatic rings. The smallest absolute Gasteiger partial charge is 0.409 e. The number of anilines is 1. The first-order chi connectivity index (χ1) is 13.1. The molecule has 1 aliphatic heterocycles. The first-order valence-corrected chi connectivity index (χ1v) is 11.3. The third kappa shape index (κ3) is 5.13. The summed E-state index contributed by atoms with van der Waals surface area (Å²) in [7, 11) is 1.47. The minimum atomic E-state index is -0.174. The van der Waals surface area contributed by atoms with Gasteiger partial charge in [0.15, 0.2) is 5.13 Å². The van der Waals surface area contributed by atoms with Crippen molar-refractivity contribution in [2.24, 2.45) is 5.92 Å². The Balaban J connectivity index is 1.45. The van der Waals surface area contributed by atoms with E-state index in [1.54, 1.807) is 0 Å². The summed E-state index contributed by atoms with van der Waals surface area (Å²) in [5.41, 5.74) is 1.32. The van der Waals surface area contributed by atoms with Crippen molar-refractivity contribution in [2.45, 2.75) is 58.4 Å². The van der Waals surface area contributed by atoms with Crippen LogP contribution in [0.3, 0.4) is 0 Å². The van der Waals surface area contributed by atoms with Gasteiger partial charge in [-0.1, -0.05) is 6.92 Å².